The number of carbonyl (C=O) groups excluding carboxylic acids is 2. The summed E-state index contributed by atoms with van der Waals surface area (Å²) in [4.78, 5) is 24.7. The molecule has 1 heterocycles. The molecular weight excluding hydrogens is 226 g/mol. The molecule has 6 heteroatoms. The molecule has 0 bridgehead atoms. The standard InChI is InChI=1S/C11H19NO5/c1-11(2,3)17-10(14)12-5-6-16-7-8(12)9(13)15-4/h8H,5-7H2,1-4H3/t8-/m1/s1. The van der Waals surface area contributed by atoms with Gasteiger partial charge in [-0.1, -0.05) is 0 Å². The van der Waals surface area contributed by atoms with Crippen LogP contribution in [0, 0.1) is 0 Å². The van der Waals surface area contributed by atoms with E-state index in [9.17, 15) is 9.59 Å². The van der Waals surface area contributed by atoms with Crippen LogP contribution in [0.15, 0.2) is 0 Å². The molecule has 1 fully saturated rings. The summed E-state index contributed by atoms with van der Waals surface area (Å²) in [6.07, 6.45) is -0.517. The number of morpholine rings is 1. The van der Waals surface area contributed by atoms with Crippen molar-refractivity contribution in [3.63, 3.8) is 0 Å². The van der Waals surface area contributed by atoms with E-state index in [4.69, 9.17) is 9.47 Å². The van der Waals surface area contributed by atoms with E-state index in [2.05, 4.69) is 4.74 Å². The number of hydrogen-bond acceptors (Lipinski definition) is 5. The van der Waals surface area contributed by atoms with E-state index in [0.717, 1.165) is 0 Å². The fraction of sp³-hybridized carbons (Fsp3) is 0.818. The predicted molar refractivity (Wildman–Crippen MR) is 59.6 cm³/mol. The zero-order valence-electron chi connectivity index (χ0n) is 10.7. The average Bonchev–Trinajstić information content (AvgIpc) is 2.25. The summed E-state index contributed by atoms with van der Waals surface area (Å²) in [6.45, 7) is 6.20. The van der Waals surface area contributed by atoms with Crippen molar-refractivity contribution in [2.24, 2.45) is 0 Å². The summed E-state index contributed by atoms with van der Waals surface area (Å²) in [6, 6.07) is -0.719. The third-order valence-corrected chi connectivity index (χ3v) is 2.23. The van der Waals surface area contributed by atoms with Crippen LogP contribution in [0.4, 0.5) is 4.79 Å². The van der Waals surface area contributed by atoms with Crippen molar-refractivity contribution in [2.45, 2.75) is 32.4 Å². The molecule has 0 radical (unpaired) electrons. The highest BCUT2D eigenvalue weighted by Crippen LogP contribution is 2.15. The van der Waals surface area contributed by atoms with Crippen LogP contribution in [0.5, 0.6) is 0 Å². The molecule has 0 unspecified atom stereocenters. The maximum atomic E-state index is 11.9. The van der Waals surface area contributed by atoms with E-state index >= 15 is 0 Å². The zero-order chi connectivity index (χ0) is 13.1. The molecule has 98 valence electrons. The molecule has 1 saturated heterocycles. The number of esters is 1. The fourth-order valence-electron chi connectivity index (χ4n) is 1.47. The molecule has 1 atom stereocenters. The summed E-state index contributed by atoms with van der Waals surface area (Å²) in [7, 11) is 1.28. The highest BCUT2D eigenvalue weighted by Gasteiger charge is 2.36. The Morgan fingerprint density at radius 1 is 1.35 bits per heavy atom. The molecule has 6 nitrogen and oxygen atoms in total. The highest BCUT2D eigenvalue weighted by atomic mass is 16.6. The summed E-state index contributed by atoms with van der Waals surface area (Å²) in [5.41, 5.74) is -0.587. The number of amides is 1. The van der Waals surface area contributed by atoms with Crippen LogP contribution in [0.25, 0.3) is 0 Å². The van der Waals surface area contributed by atoms with Crippen molar-refractivity contribution in [1.29, 1.82) is 0 Å². The van der Waals surface area contributed by atoms with E-state index < -0.39 is 23.7 Å². The number of ether oxygens (including phenoxy) is 3. The monoisotopic (exact) mass is 245 g/mol. The smallest absolute Gasteiger partial charge is 0.411 e. The number of methoxy groups -OCH3 is 1. The second kappa shape index (κ2) is 5.35. The van der Waals surface area contributed by atoms with Crippen LogP contribution >= 0.6 is 0 Å². The Balaban J connectivity index is 2.71. The third-order valence-electron chi connectivity index (χ3n) is 2.23. The van der Waals surface area contributed by atoms with E-state index in [1.807, 2.05) is 0 Å². The number of carbonyl (C=O) groups is 2. The lowest BCUT2D eigenvalue weighted by Crippen LogP contribution is -2.54. The van der Waals surface area contributed by atoms with Gasteiger partial charge in [0, 0.05) is 6.54 Å². The molecule has 0 aromatic carbocycles. The molecule has 0 aromatic rings. The largest absolute Gasteiger partial charge is 0.467 e. The van der Waals surface area contributed by atoms with Gasteiger partial charge in [0.2, 0.25) is 0 Å². The van der Waals surface area contributed by atoms with Crippen molar-refractivity contribution in [2.75, 3.05) is 26.9 Å². The number of rotatable bonds is 1. The molecule has 1 amide bonds. The lowest BCUT2D eigenvalue weighted by molar-refractivity contribution is -0.152. The maximum absolute atomic E-state index is 11.9. The van der Waals surface area contributed by atoms with Gasteiger partial charge in [0.05, 0.1) is 20.3 Å². The molecular formula is C11H19NO5. The van der Waals surface area contributed by atoms with Crippen molar-refractivity contribution in [1.82, 2.24) is 4.90 Å². The molecule has 0 spiro atoms. The number of nitrogens with zero attached hydrogens (tertiary/aromatic N) is 1. The molecule has 1 aliphatic heterocycles. The molecule has 1 rings (SSSR count). The lowest BCUT2D eigenvalue weighted by atomic mass is 10.2. The summed E-state index contributed by atoms with van der Waals surface area (Å²) in [5.74, 6) is -0.490. The quantitative estimate of drug-likeness (QED) is 0.639. The normalized spacial score (nSPS) is 20.9. The zero-order valence-corrected chi connectivity index (χ0v) is 10.7. The van der Waals surface area contributed by atoms with Crippen LogP contribution in [-0.4, -0.2) is 55.5 Å². The van der Waals surface area contributed by atoms with Crippen LogP contribution in [0.1, 0.15) is 20.8 Å². The summed E-state index contributed by atoms with van der Waals surface area (Å²) < 4.78 is 15.0. The molecule has 0 saturated carbocycles. The predicted octanol–water partition coefficient (Wildman–Crippen LogP) is 0.795. The van der Waals surface area contributed by atoms with E-state index in [-0.39, 0.29) is 6.61 Å². The maximum Gasteiger partial charge on any atom is 0.411 e. The minimum atomic E-state index is -0.719. The Morgan fingerprint density at radius 3 is 2.53 bits per heavy atom. The van der Waals surface area contributed by atoms with Crippen LogP contribution in [-0.2, 0) is 19.0 Å². The first kappa shape index (κ1) is 13.8. The van der Waals surface area contributed by atoms with Crippen LogP contribution in [0.2, 0.25) is 0 Å². The highest BCUT2D eigenvalue weighted by molar-refractivity contribution is 5.81. The molecule has 0 aromatic heterocycles. The molecule has 0 aliphatic carbocycles. The first-order valence-electron chi connectivity index (χ1n) is 5.50. The topological polar surface area (TPSA) is 65.1 Å². The van der Waals surface area contributed by atoms with E-state index in [1.165, 1.54) is 12.0 Å². The third kappa shape index (κ3) is 3.89. The minimum absolute atomic E-state index is 0.145. The van der Waals surface area contributed by atoms with Crippen molar-refractivity contribution < 1.29 is 23.8 Å². The van der Waals surface area contributed by atoms with Gasteiger partial charge in [0.25, 0.3) is 0 Å². The molecule has 1 aliphatic rings. The Bertz CT molecular complexity index is 297. The van der Waals surface area contributed by atoms with Gasteiger partial charge >= 0.3 is 12.1 Å². The lowest BCUT2D eigenvalue weighted by Gasteiger charge is -2.34. The van der Waals surface area contributed by atoms with E-state index in [0.29, 0.717) is 13.2 Å². The van der Waals surface area contributed by atoms with Crippen molar-refractivity contribution in [3.8, 4) is 0 Å². The van der Waals surface area contributed by atoms with Gasteiger partial charge in [-0.2, -0.15) is 0 Å². The van der Waals surface area contributed by atoms with Crippen LogP contribution in [0.3, 0.4) is 0 Å². The van der Waals surface area contributed by atoms with Crippen molar-refractivity contribution >= 4 is 12.1 Å². The summed E-state index contributed by atoms with van der Waals surface area (Å²) >= 11 is 0. The van der Waals surface area contributed by atoms with Gasteiger partial charge in [-0.05, 0) is 20.8 Å². The molecule has 0 N–H and O–H groups in total. The minimum Gasteiger partial charge on any atom is -0.467 e. The van der Waals surface area contributed by atoms with Gasteiger partial charge < -0.3 is 14.2 Å². The number of hydrogen-bond donors (Lipinski definition) is 0. The summed E-state index contributed by atoms with van der Waals surface area (Å²) in [5, 5.41) is 0. The first-order valence-corrected chi connectivity index (χ1v) is 5.50. The molecule has 17 heavy (non-hydrogen) atoms. The van der Waals surface area contributed by atoms with Crippen molar-refractivity contribution in [3.05, 3.63) is 0 Å². The van der Waals surface area contributed by atoms with Gasteiger partial charge in [-0.3, -0.25) is 4.90 Å². The van der Waals surface area contributed by atoms with Gasteiger partial charge in [-0.15, -0.1) is 0 Å². The average molecular weight is 245 g/mol. The SMILES string of the molecule is COC(=O)[C@H]1COCCN1C(=O)OC(C)(C)C. The van der Waals surface area contributed by atoms with Crippen LogP contribution < -0.4 is 0 Å². The second-order valence-electron chi connectivity index (χ2n) is 4.79. The Morgan fingerprint density at radius 2 is 2.00 bits per heavy atom. The second-order valence-corrected chi connectivity index (χ2v) is 4.79. The fourth-order valence-corrected chi connectivity index (χ4v) is 1.47. The Hall–Kier alpha value is -1.30. The first-order chi connectivity index (χ1) is 7.85. The van der Waals surface area contributed by atoms with Gasteiger partial charge in [0.1, 0.15) is 5.60 Å². The van der Waals surface area contributed by atoms with Gasteiger partial charge in [0.15, 0.2) is 6.04 Å². The van der Waals surface area contributed by atoms with Gasteiger partial charge in [-0.25, -0.2) is 9.59 Å². The Kier molecular flexibility index (Phi) is 4.34. The van der Waals surface area contributed by atoms with E-state index in [1.54, 1.807) is 20.8 Å². The Labute approximate surface area is 101 Å².